The molecule has 3 aromatic rings. The number of anilines is 2. The maximum absolute atomic E-state index is 12.3. The predicted molar refractivity (Wildman–Crippen MR) is 121 cm³/mol. The number of hydrogen-bond acceptors (Lipinski definition) is 7. The number of carbonyl (C=O) groups excluding carboxylic acids is 2. The Bertz CT molecular complexity index is 1130. The zero-order valence-electron chi connectivity index (χ0n) is 16.2. The highest BCUT2D eigenvalue weighted by molar-refractivity contribution is 8.00. The number of nitrogens with one attached hydrogen (secondary N) is 2. The van der Waals surface area contributed by atoms with E-state index in [1.807, 2.05) is 24.3 Å². The molecular formula is C21H18N4O4S2. The Kier molecular flexibility index (Phi) is 6.28. The number of rotatable bonds is 8. The molecule has 2 aromatic carbocycles. The second-order valence-electron chi connectivity index (χ2n) is 6.97. The number of nitro benzene ring substituents is 1. The summed E-state index contributed by atoms with van der Waals surface area (Å²) in [4.78, 5) is 39.8. The Morgan fingerprint density at radius 1 is 1.16 bits per heavy atom. The molecule has 0 spiro atoms. The summed E-state index contributed by atoms with van der Waals surface area (Å²) in [6.07, 6.45) is 1.92. The first-order valence-corrected chi connectivity index (χ1v) is 11.4. The summed E-state index contributed by atoms with van der Waals surface area (Å²) in [6, 6.07) is 13.6. The van der Waals surface area contributed by atoms with Gasteiger partial charge in [-0.2, -0.15) is 0 Å². The van der Waals surface area contributed by atoms with Crippen molar-refractivity contribution < 1.29 is 14.5 Å². The fourth-order valence-electron chi connectivity index (χ4n) is 2.77. The molecule has 0 radical (unpaired) electrons. The number of non-ortho nitro benzene ring substituents is 1. The van der Waals surface area contributed by atoms with Crippen LogP contribution >= 0.6 is 23.1 Å². The normalized spacial score (nSPS) is 12.9. The van der Waals surface area contributed by atoms with Gasteiger partial charge in [0.15, 0.2) is 5.13 Å². The van der Waals surface area contributed by atoms with Crippen LogP contribution in [-0.4, -0.2) is 27.5 Å². The van der Waals surface area contributed by atoms with E-state index >= 15 is 0 Å². The first-order valence-electron chi connectivity index (χ1n) is 9.52. The van der Waals surface area contributed by atoms with Crippen LogP contribution in [0, 0.1) is 16.0 Å². The maximum atomic E-state index is 12.3. The molecule has 0 saturated heterocycles. The first-order chi connectivity index (χ1) is 15.0. The lowest BCUT2D eigenvalue weighted by Gasteiger charge is -2.06. The minimum Gasteiger partial charge on any atom is -0.326 e. The highest BCUT2D eigenvalue weighted by Gasteiger charge is 2.29. The molecule has 4 rings (SSSR count). The van der Waals surface area contributed by atoms with Crippen LogP contribution in [-0.2, 0) is 9.59 Å². The first kappa shape index (κ1) is 21.0. The summed E-state index contributed by atoms with van der Waals surface area (Å²) >= 11 is 2.64. The van der Waals surface area contributed by atoms with Gasteiger partial charge in [0.2, 0.25) is 11.8 Å². The molecule has 0 aliphatic heterocycles. The molecule has 10 heteroatoms. The molecule has 0 unspecified atom stereocenters. The van der Waals surface area contributed by atoms with Crippen LogP contribution in [0.1, 0.15) is 12.8 Å². The van der Waals surface area contributed by atoms with Gasteiger partial charge in [0, 0.05) is 39.6 Å². The third-order valence-corrected chi connectivity index (χ3v) is 6.31. The number of thiazole rings is 1. The van der Waals surface area contributed by atoms with Crippen molar-refractivity contribution in [2.24, 2.45) is 5.92 Å². The molecule has 1 heterocycles. The van der Waals surface area contributed by atoms with Crippen LogP contribution in [0.3, 0.4) is 0 Å². The Balaban J connectivity index is 1.29. The van der Waals surface area contributed by atoms with Crippen LogP contribution < -0.4 is 10.6 Å². The van der Waals surface area contributed by atoms with Crippen molar-refractivity contribution in [1.82, 2.24) is 4.98 Å². The van der Waals surface area contributed by atoms with E-state index in [1.165, 1.54) is 35.2 Å². The lowest BCUT2D eigenvalue weighted by Crippen LogP contribution is -2.14. The summed E-state index contributed by atoms with van der Waals surface area (Å²) in [6.45, 7) is 0. The largest absolute Gasteiger partial charge is 0.326 e. The van der Waals surface area contributed by atoms with Crippen molar-refractivity contribution >= 4 is 51.4 Å². The minimum absolute atomic E-state index is 0.00870. The molecule has 31 heavy (non-hydrogen) atoms. The van der Waals surface area contributed by atoms with Crippen LogP contribution in [0.4, 0.5) is 16.5 Å². The van der Waals surface area contributed by atoms with Crippen LogP contribution in [0.2, 0.25) is 0 Å². The molecule has 158 valence electrons. The monoisotopic (exact) mass is 454 g/mol. The Hall–Kier alpha value is -3.24. The second kappa shape index (κ2) is 9.27. The number of nitro groups is 1. The van der Waals surface area contributed by atoms with E-state index in [9.17, 15) is 19.7 Å². The third-order valence-electron chi connectivity index (χ3n) is 4.54. The highest BCUT2D eigenvalue weighted by atomic mass is 32.2. The third kappa shape index (κ3) is 5.68. The molecule has 1 aromatic heterocycles. The second-order valence-corrected chi connectivity index (χ2v) is 8.88. The Morgan fingerprint density at radius 3 is 2.65 bits per heavy atom. The molecule has 0 bridgehead atoms. The topological polar surface area (TPSA) is 114 Å². The zero-order chi connectivity index (χ0) is 21.8. The van der Waals surface area contributed by atoms with Gasteiger partial charge in [-0.25, -0.2) is 4.98 Å². The average Bonchev–Trinajstić information content (AvgIpc) is 3.53. The number of carbonyl (C=O) groups is 2. The number of nitrogens with zero attached hydrogens (tertiary/aromatic N) is 2. The quantitative estimate of drug-likeness (QED) is 0.287. The van der Waals surface area contributed by atoms with Crippen molar-refractivity contribution in [3.63, 3.8) is 0 Å². The summed E-state index contributed by atoms with van der Waals surface area (Å²) in [5.41, 5.74) is 1.93. The number of thioether (sulfide) groups is 1. The van der Waals surface area contributed by atoms with Crippen LogP contribution in [0.25, 0.3) is 11.3 Å². The van der Waals surface area contributed by atoms with Gasteiger partial charge in [-0.05, 0) is 37.1 Å². The average molecular weight is 455 g/mol. The van der Waals surface area contributed by atoms with Crippen molar-refractivity contribution in [2.75, 3.05) is 16.4 Å². The SMILES string of the molecule is O=C(CSc1ccc(NC(=O)C2CC2)cc1)Nc1nc(-c2cccc([N+](=O)[O-])c2)cs1. The van der Waals surface area contributed by atoms with E-state index < -0.39 is 4.92 Å². The van der Waals surface area contributed by atoms with Gasteiger partial charge in [0.1, 0.15) is 0 Å². The van der Waals surface area contributed by atoms with Gasteiger partial charge in [0.25, 0.3) is 5.69 Å². The maximum Gasteiger partial charge on any atom is 0.270 e. The lowest BCUT2D eigenvalue weighted by molar-refractivity contribution is -0.384. The standard InChI is InChI=1S/C21H18N4O4S2/c26-19(12-30-17-8-6-15(7-9-17)22-20(27)13-4-5-13)24-21-23-18(11-31-21)14-2-1-3-16(10-14)25(28)29/h1-3,6-11,13H,4-5,12H2,(H,22,27)(H,23,24,26). The van der Waals surface area contributed by atoms with Crippen molar-refractivity contribution in [1.29, 1.82) is 0 Å². The Labute approximate surface area is 186 Å². The summed E-state index contributed by atoms with van der Waals surface area (Å²) < 4.78 is 0. The molecule has 1 aliphatic carbocycles. The van der Waals surface area contributed by atoms with E-state index in [1.54, 1.807) is 17.5 Å². The smallest absolute Gasteiger partial charge is 0.270 e. The van der Waals surface area contributed by atoms with E-state index in [4.69, 9.17) is 0 Å². The van der Waals surface area contributed by atoms with Gasteiger partial charge >= 0.3 is 0 Å². The number of aromatic nitrogens is 1. The van der Waals surface area contributed by atoms with Gasteiger partial charge < -0.3 is 10.6 Å². The lowest BCUT2D eigenvalue weighted by atomic mass is 10.1. The highest BCUT2D eigenvalue weighted by Crippen LogP contribution is 2.31. The van der Waals surface area contributed by atoms with E-state index in [0.29, 0.717) is 16.4 Å². The molecule has 8 nitrogen and oxygen atoms in total. The summed E-state index contributed by atoms with van der Waals surface area (Å²) in [5, 5.41) is 18.7. The predicted octanol–water partition coefficient (Wildman–Crippen LogP) is 4.80. The van der Waals surface area contributed by atoms with Crippen molar-refractivity contribution in [3.05, 3.63) is 64.0 Å². The number of benzene rings is 2. The fraction of sp³-hybridized carbons (Fsp3) is 0.190. The van der Waals surface area contributed by atoms with E-state index in [-0.39, 0.29) is 29.2 Å². The van der Waals surface area contributed by atoms with Crippen molar-refractivity contribution in [2.45, 2.75) is 17.7 Å². The molecule has 1 aliphatic rings. The van der Waals surface area contributed by atoms with Gasteiger partial charge in [-0.15, -0.1) is 23.1 Å². The Morgan fingerprint density at radius 2 is 1.94 bits per heavy atom. The molecule has 1 saturated carbocycles. The molecule has 1 fully saturated rings. The number of hydrogen-bond donors (Lipinski definition) is 2. The number of amides is 2. The molecule has 2 amide bonds. The summed E-state index contributed by atoms with van der Waals surface area (Å²) in [5.74, 6) is 0.226. The minimum atomic E-state index is -0.455. The molecule has 0 atom stereocenters. The fourth-order valence-corrected chi connectivity index (χ4v) is 4.21. The molecule has 2 N–H and O–H groups in total. The van der Waals surface area contributed by atoms with Crippen LogP contribution in [0.5, 0.6) is 0 Å². The van der Waals surface area contributed by atoms with E-state index in [2.05, 4.69) is 15.6 Å². The summed E-state index contributed by atoms with van der Waals surface area (Å²) in [7, 11) is 0. The van der Waals surface area contributed by atoms with Gasteiger partial charge in [0.05, 0.1) is 16.4 Å². The van der Waals surface area contributed by atoms with Crippen LogP contribution in [0.15, 0.2) is 58.8 Å². The van der Waals surface area contributed by atoms with Crippen molar-refractivity contribution in [3.8, 4) is 11.3 Å². The van der Waals surface area contributed by atoms with Gasteiger partial charge in [-0.1, -0.05) is 12.1 Å². The molecular weight excluding hydrogens is 436 g/mol. The zero-order valence-corrected chi connectivity index (χ0v) is 17.9. The van der Waals surface area contributed by atoms with Gasteiger partial charge in [-0.3, -0.25) is 19.7 Å². The van der Waals surface area contributed by atoms with E-state index in [0.717, 1.165) is 23.4 Å².